The van der Waals surface area contributed by atoms with Crippen LogP contribution >= 0.6 is 0 Å². The number of amides is 4. The van der Waals surface area contributed by atoms with Gasteiger partial charge in [0.25, 0.3) is 0 Å². The molecular weight excluding hydrogens is 640 g/mol. The summed E-state index contributed by atoms with van der Waals surface area (Å²) in [4.78, 5) is 44.1. The number of nitrogens with one attached hydrogen (secondary N) is 4. The van der Waals surface area contributed by atoms with E-state index in [9.17, 15) is 9.59 Å². The maximum Gasteiger partial charge on any atom is 0.330 e. The van der Waals surface area contributed by atoms with E-state index in [-0.39, 0.29) is 5.48 Å². The van der Waals surface area contributed by atoms with Crippen molar-refractivity contribution in [3.05, 3.63) is 24.3 Å². The van der Waals surface area contributed by atoms with E-state index in [0.717, 1.165) is 26.2 Å². The number of nitrogens with two attached hydrogens (primary N) is 2. The Morgan fingerprint density at radius 3 is 1.16 bits per heavy atom. The van der Waals surface area contributed by atoms with E-state index in [0.29, 0.717) is 68.3 Å². The van der Waals surface area contributed by atoms with Crippen molar-refractivity contribution in [3.63, 3.8) is 0 Å². The summed E-state index contributed by atoms with van der Waals surface area (Å²) in [7, 11) is 6.21. The summed E-state index contributed by atoms with van der Waals surface area (Å²) in [5.74, 6) is 4.09. The first-order chi connectivity index (χ1) is 23.1. The molecule has 4 aromatic rings. The third kappa shape index (κ3) is 9.53. The van der Waals surface area contributed by atoms with Crippen LogP contribution in [0.15, 0.2) is 24.3 Å². The highest BCUT2D eigenvalue weighted by Crippen LogP contribution is 2.36. The van der Waals surface area contributed by atoms with Gasteiger partial charge in [-0.3, -0.25) is 21.7 Å². The summed E-state index contributed by atoms with van der Waals surface area (Å²) in [6, 6.07) is 5.57. The largest absolute Gasteiger partial charge is 0.493 e. The van der Waals surface area contributed by atoms with Crippen LogP contribution in [0.4, 0.5) is 33.1 Å². The Morgan fingerprint density at radius 2 is 0.898 bits per heavy atom. The SMILES string of the molecule is CCN(CC)c1nc(NNC(N)=O)c2cc(OC)c(OC)cc2n1.CCN(CC)c1nc(NNC(N)=O)c2cc(OC)c(OC)cc2n1.O. The summed E-state index contributed by atoms with van der Waals surface area (Å²) in [5, 5.41) is 1.33. The van der Waals surface area contributed by atoms with Crippen molar-refractivity contribution in [2.45, 2.75) is 27.7 Å². The van der Waals surface area contributed by atoms with E-state index >= 15 is 0 Å². The molecule has 0 saturated carbocycles. The minimum Gasteiger partial charge on any atom is -0.493 e. The van der Waals surface area contributed by atoms with Gasteiger partial charge in [-0.2, -0.15) is 9.97 Å². The number of hydrogen-bond donors (Lipinski definition) is 6. The van der Waals surface area contributed by atoms with Crippen LogP contribution in [0, 0.1) is 0 Å². The molecule has 0 atom stereocenters. The first kappa shape index (κ1) is 39.2. The monoisotopic (exact) mass is 686 g/mol. The number of aromatic nitrogens is 4. The van der Waals surface area contributed by atoms with Gasteiger partial charge >= 0.3 is 12.1 Å². The molecule has 2 aromatic heterocycles. The van der Waals surface area contributed by atoms with Crippen LogP contribution in [0.25, 0.3) is 21.8 Å². The summed E-state index contributed by atoms with van der Waals surface area (Å²) in [6.45, 7) is 11.0. The Labute approximate surface area is 283 Å². The van der Waals surface area contributed by atoms with Gasteiger partial charge in [0.2, 0.25) is 11.9 Å². The number of hydrogen-bond acceptors (Lipinski definition) is 14. The normalized spacial score (nSPS) is 10.1. The summed E-state index contributed by atoms with van der Waals surface area (Å²) < 4.78 is 21.3. The van der Waals surface area contributed by atoms with Crippen molar-refractivity contribution in [1.29, 1.82) is 0 Å². The molecule has 19 nitrogen and oxygen atoms in total. The number of fused-ring (bicyclic) bond motifs is 2. The quantitative estimate of drug-likeness (QED) is 0.104. The molecule has 4 rings (SSSR count). The summed E-state index contributed by atoms with van der Waals surface area (Å²) in [6.07, 6.45) is 0. The molecule has 0 aliphatic carbocycles. The number of carbonyl (C=O) groups excluding carboxylic acids is 2. The van der Waals surface area contributed by atoms with E-state index in [1.807, 2.05) is 37.5 Å². The highest BCUT2D eigenvalue weighted by Gasteiger charge is 2.17. The highest BCUT2D eigenvalue weighted by atomic mass is 16.5. The van der Waals surface area contributed by atoms with E-state index in [4.69, 9.17) is 30.4 Å². The molecule has 0 aliphatic rings. The average Bonchev–Trinajstić information content (AvgIpc) is 3.09. The zero-order valence-corrected chi connectivity index (χ0v) is 28.9. The van der Waals surface area contributed by atoms with E-state index in [2.05, 4.69) is 41.6 Å². The van der Waals surface area contributed by atoms with Gasteiger partial charge < -0.3 is 45.7 Å². The summed E-state index contributed by atoms with van der Waals surface area (Å²) >= 11 is 0. The van der Waals surface area contributed by atoms with Crippen LogP contribution in [-0.4, -0.2) is 92.1 Å². The number of urea groups is 2. The van der Waals surface area contributed by atoms with Crippen LogP contribution in [0.5, 0.6) is 23.0 Å². The van der Waals surface area contributed by atoms with Crippen LogP contribution in [0.3, 0.4) is 0 Å². The summed E-state index contributed by atoms with van der Waals surface area (Å²) in [5.41, 5.74) is 21.7. The van der Waals surface area contributed by atoms with E-state index in [1.165, 1.54) is 0 Å². The lowest BCUT2D eigenvalue weighted by atomic mass is 10.2. The minimum absolute atomic E-state index is 0. The van der Waals surface area contributed by atoms with Crippen LogP contribution in [0.1, 0.15) is 27.7 Å². The molecule has 268 valence electrons. The van der Waals surface area contributed by atoms with Gasteiger partial charge in [-0.25, -0.2) is 19.6 Å². The third-order valence-corrected chi connectivity index (χ3v) is 7.08. The fraction of sp³-hybridized carbons (Fsp3) is 0.400. The molecule has 0 fully saturated rings. The van der Waals surface area contributed by atoms with Crippen molar-refractivity contribution >= 4 is 57.4 Å². The molecule has 0 unspecified atom stereocenters. The third-order valence-electron chi connectivity index (χ3n) is 7.08. The number of methoxy groups -OCH3 is 4. The van der Waals surface area contributed by atoms with Crippen molar-refractivity contribution < 1.29 is 34.0 Å². The van der Waals surface area contributed by atoms with E-state index < -0.39 is 12.1 Å². The lowest BCUT2D eigenvalue weighted by Crippen LogP contribution is -2.35. The first-order valence-electron chi connectivity index (χ1n) is 15.1. The smallest absolute Gasteiger partial charge is 0.330 e. The molecule has 2 heterocycles. The minimum atomic E-state index is -0.716. The van der Waals surface area contributed by atoms with Gasteiger partial charge in [-0.1, -0.05) is 0 Å². The Bertz CT molecular complexity index is 1590. The molecule has 4 amide bonds. The molecular formula is C30H46N12O7. The number of primary amides is 2. The second-order valence-electron chi connectivity index (χ2n) is 9.77. The maximum absolute atomic E-state index is 11.0. The van der Waals surface area contributed by atoms with Crippen LogP contribution in [-0.2, 0) is 0 Å². The molecule has 0 aliphatic heterocycles. The number of anilines is 4. The fourth-order valence-electron chi connectivity index (χ4n) is 4.61. The Hall–Kier alpha value is -5.98. The second kappa shape index (κ2) is 18.4. The highest BCUT2D eigenvalue weighted by molar-refractivity contribution is 5.94. The van der Waals surface area contributed by atoms with Crippen molar-refractivity contribution in [1.82, 2.24) is 30.8 Å². The standard InChI is InChI=1S/2C15H22N6O3.H2O/c2*1-5-21(6-2)15-17-10-8-12(24-4)11(23-3)7-9(10)13(18-15)19-20-14(16)22;/h2*7-8H,5-6H2,1-4H3,(H3,16,20,22)(H,17,18,19);1H2. The number of carbonyl (C=O) groups is 2. The molecule has 0 radical (unpaired) electrons. The predicted molar refractivity (Wildman–Crippen MR) is 189 cm³/mol. The molecule has 0 bridgehead atoms. The predicted octanol–water partition coefficient (Wildman–Crippen LogP) is 2.15. The van der Waals surface area contributed by atoms with Crippen molar-refractivity contribution in [2.75, 3.05) is 75.3 Å². The van der Waals surface area contributed by atoms with Crippen molar-refractivity contribution in [3.8, 4) is 23.0 Å². The number of ether oxygens (including phenoxy) is 4. The van der Waals surface area contributed by atoms with Gasteiger partial charge in [0, 0.05) is 49.1 Å². The van der Waals surface area contributed by atoms with Gasteiger partial charge in [-0.05, 0) is 39.8 Å². The van der Waals surface area contributed by atoms with Crippen molar-refractivity contribution in [2.24, 2.45) is 11.5 Å². The Morgan fingerprint density at radius 1 is 0.592 bits per heavy atom. The van der Waals surface area contributed by atoms with Crippen LogP contribution < -0.4 is 61.9 Å². The second-order valence-corrected chi connectivity index (χ2v) is 9.77. The zero-order chi connectivity index (χ0) is 35.4. The fourth-order valence-corrected chi connectivity index (χ4v) is 4.61. The Kier molecular flexibility index (Phi) is 14.7. The lowest BCUT2D eigenvalue weighted by Gasteiger charge is -2.20. The van der Waals surface area contributed by atoms with Gasteiger partial charge in [0.05, 0.1) is 39.5 Å². The molecule has 0 saturated heterocycles. The van der Waals surface area contributed by atoms with Gasteiger partial charge in [-0.15, -0.1) is 0 Å². The molecule has 2 aromatic carbocycles. The number of nitrogens with zero attached hydrogens (tertiary/aromatic N) is 6. The number of hydrazine groups is 2. The first-order valence-corrected chi connectivity index (χ1v) is 15.1. The zero-order valence-electron chi connectivity index (χ0n) is 28.9. The molecule has 19 heteroatoms. The lowest BCUT2D eigenvalue weighted by molar-refractivity contribution is 0.250. The van der Waals surface area contributed by atoms with Gasteiger partial charge in [0.15, 0.2) is 34.6 Å². The van der Waals surface area contributed by atoms with E-state index in [1.54, 1.807) is 52.7 Å². The Balaban J connectivity index is 0.000000333. The molecule has 49 heavy (non-hydrogen) atoms. The number of benzene rings is 2. The molecule has 0 spiro atoms. The topological polar surface area (TPSA) is 261 Å². The average molecular weight is 687 g/mol. The van der Waals surface area contributed by atoms with Crippen LogP contribution in [0.2, 0.25) is 0 Å². The van der Waals surface area contributed by atoms with Gasteiger partial charge in [0.1, 0.15) is 0 Å². The maximum atomic E-state index is 11.0. The molecule has 10 N–H and O–H groups in total. The number of rotatable bonds is 14.